The number of carbonyl (C=O) groups is 1. The second kappa shape index (κ2) is 4.96. The summed E-state index contributed by atoms with van der Waals surface area (Å²) in [6, 6.07) is 1.71. The molecule has 0 saturated heterocycles. The van der Waals surface area contributed by atoms with Crippen molar-refractivity contribution in [3.05, 3.63) is 34.6 Å². The summed E-state index contributed by atoms with van der Waals surface area (Å²) in [4.78, 5) is 14.5. The third kappa shape index (κ3) is 2.44. The first-order valence-corrected chi connectivity index (χ1v) is 5.68. The van der Waals surface area contributed by atoms with Crippen molar-refractivity contribution in [3.63, 3.8) is 0 Å². The molecule has 2 rings (SSSR count). The van der Waals surface area contributed by atoms with Gasteiger partial charge in [-0.15, -0.1) is 0 Å². The summed E-state index contributed by atoms with van der Waals surface area (Å²) < 4.78 is 2.41. The van der Waals surface area contributed by atoms with E-state index in [0.29, 0.717) is 16.9 Å². The third-order valence-electron chi connectivity index (χ3n) is 2.42. The summed E-state index contributed by atoms with van der Waals surface area (Å²) in [7, 11) is 0. The van der Waals surface area contributed by atoms with Gasteiger partial charge in [-0.05, 0) is 25.2 Å². The van der Waals surface area contributed by atoms with E-state index in [4.69, 9.17) is 12.2 Å². The predicted molar refractivity (Wildman–Crippen MR) is 65.0 cm³/mol. The molecule has 3 N–H and O–H groups in total. The number of nitrogens with one attached hydrogen (secondary N) is 3. The first-order chi connectivity index (χ1) is 8.22. The van der Waals surface area contributed by atoms with Crippen LogP contribution in [-0.2, 0) is 13.1 Å². The number of aromatic amines is 2. The second-order valence-corrected chi connectivity index (χ2v) is 3.86. The van der Waals surface area contributed by atoms with Crippen LogP contribution >= 0.6 is 12.2 Å². The number of carbonyl (C=O) groups excluding carboxylic acids is 1. The molecule has 0 radical (unpaired) electrons. The van der Waals surface area contributed by atoms with Crippen LogP contribution in [0.15, 0.2) is 18.5 Å². The van der Waals surface area contributed by atoms with Gasteiger partial charge in [0.2, 0.25) is 0 Å². The molecule has 0 aliphatic rings. The molecule has 0 spiro atoms. The molecular formula is C10H13N5OS. The minimum Gasteiger partial charge on any atom is -0.367 e. The molecule has 0 unspecified atom stereocenters. The van der Waals surface area contributed by atoms with Crippen LogP contribution in [0.3, 0.4) is 0 Å². The van der Waals surface area contributed by atoms with E-state index in [9.17, 15) is 4.79 Å². The number of amides is 1. The van der Waals surface area contributed by atoms with Gasteiger partial charge in [0.05, 0.1) is 12.1 Å². The molecule has 2 aromatic heterocycles. The normalized spacial score (nSPS) is 10.4. The predicted octanol–water partition coefficient (Wildman–Crippen LogP) is 1.22. The zero-order valence-electron chi connectivity index (χ0n) is 9.36. The highest BCUT2D eigenvalue weighted by molar-refractivity contribution is 7.71. The Kier molecular flexibility index (Phi) is 3.38. The number of aromatic nitrogens is 4. The Balaban J connectivity index is 2.03. The molecule has 6 nitrogen and oxygen atoms in total. The highest BCUT2D eigenvalue weighted by Gasteiger charge is 2.08. The van der Waals surface area contributed by atoms with Gasteiger partial charge < -0.3 is 14.9 Å². The maximum absolute atomic E-state index is 11.7. The van der Waals surface area contributed by atoms with Crippen molar-refractivity contribution in [2.24, 2.45) is 0 Å². The van der Waals surface area contributed by atoms with E-state index in [1.54, 1.807) is 18.5 Å². The summed E-state index contributed by atoms with van der Waals surface area (Å²) >= 11 is 5.06. The molecule has 1 amide bonds. The molecule has 0 aliphatic carbocycles. The van der Waals surface area contributed by atoms with Gasteiger partial charge in [0.1, 0.15) is 0 Å². The Morgan fingerprint density at radius 1 is 1.65 bits per heavy atom. The Morgan fingerprint density at radius 3 is 3.12 bits per heavy atom. The van der Waals surface area contributed by atoms with Gasteiger partial charge in [0.25, 0.3) is 5.91 Å². The molecule has 0 saturated carbocycles. The van der Waals surface area contributed by atoms with E-state index < -0.39 is 0 Å². The lowest BCUT2D eigenvalue weighted by molar-refractivity contribution is 0.0949. The van der Waals surface area contributed by atoms with E-state index in [1.165, 1.54) is 0 Å². The minimum atomic E-state index is -0.136. The molecule has 17 heavy (non-hydrogen) atoms. The number of nitrogens with zero attached hydrogens (tertiary/aromatic N) is 2. The molecular weight excluding hydrogens is 238 g/mol. The lowest BCUT2D eigenvalue weighted by atomic mass is 10.3. The monoisotopic (exact) mass is 251 g/mol. The highest BCUT2D eigenvalue weighted by Crippen LogP contribution is 2.00. The van der Waals surface area contributed by atoms with E-state index >= 15 is 0 Å². The zero-order chi connectivity index (χ0) is 12.3. The molecule has 0 aliphatic heterocycles. The van der Waals surface area contributed by atoms with Crippen molar-refractivity contribution in [1.29, 1.82) is 0 Å². The van der Waals surface area contributed by atoms with E-state index in [0.717, 1.165) is 12.4 Å². The molecule has 90 valence electrons. The summed E-state index contributed by atoms with van der Waals surface area (Å²) in [6.45, 7) is 3.05. The highest BCUT2D eigenvalue weighted by atomic mass is 32.1. The van der Waals surface area contributed by atoms with Crippen LogP contribution in [0.2, 0.25) is 0 Å². The van der Waals surface area contributed by atoms with Crippen molar-refractivity contribution in [3.8, 4) is 0 Å². The van der Waals surface area contributed by atoms with Gasteiger partial charge >= 0.3 is 0 Å². The maximum atomic E-state index is 11.7. The topological polar surface area (TPSA) is 78.5 Å². The summed E-state index contributed by atoms with van der Waals surface area (Å²) in [6.07, 6.45) is 3.35. The standard InChI is InChI=1S/C10H13N5OS/c1-2-15-8(13-14-10(15)17)6-12-9(16)7-3-4-11-5-7/h3-5,11H,2,6H2,1H3,(H,12,16)(H,14,17). The maximum Gasteiger partial charge on any atom is 0.253 e. The van der Waals surface area contributed by atoms with E-state index in [1.807, 2.05) is 11.5 Å². The van der Waals surface area contributed by atoms with Gasteiger partial charge in [-0.2, -0.15) is 5.10 Å². The van der Waals surface area contributed by atoms with Gasteiger partial charge in [0, 0.05) is 18.9 Å². The van der Waals surface area contributed by atoms with Gasteiger partial charge in [-0.25, -0.2) is 0 Å². The third-order valence-corrected chi connectivity index (χ3v) is 2.73. The van der Waals surface area contributed by atoms with Crippen LogP contribution in [-0.4, -0.2) is 25.7 Å². The molecule has 2 heterocycles. The summed E-state index contributed by atoms with van der Waals surface area (Å²) in [5.41, 5.74) is 0.599. The average molecular weight is 251 g/mol. The first-order valence-electron chi connectivity index (χ1n) is 5.27. The van der Waals surface area contributed by atoms with Crippen LogP contribution in [0.4, 0.5) is 0 Å². The van der Waals surface area contributed by atoms with E-state index in [2.05, 4.69) is 20.5 Å². The number of hydrogen-bond acceptors (Lipinski definition) is 3. The lowest BCUT2D eigenvalue weighted by Crippen LogP contribution is -2.24. The Morgan fingerprint density at radius 2 is 2.47 bits per heavy atom. The Hall–Kier alpha value is -1.89. The van der Waals surface area contributed by atoms with E-state index in [-0.39, 0.29) is 5.91 Å². The van der Waals surface area contributed by atoms with Crippen molar-refractivity contribution in [2.75, 3.05) is 0 Å². The number of H-pyrrole nitrogens is 2. The first kappa shape index (κ1) is 11.6. The van der Waals surface area contributed by atoms with Crippen molar-refractivity contribution < 1.29 is 4.79 Å². The molecule has 0 fully saturated rings. The van der Waals surface area contributed by atoms with Crippen LogP contribution in [0.25, 0.3) is 0 Å². The van der Waals surface area contributed by atoms with Crippen LogP contribution in [0, 0.1) is 4.77 Å². The summed E-state index contributed by atoms with van der Waals surface area (Å²) in [5, 5.41) is 9.55. The lowest BCUT2D eigenvalue weighted by Gasteiger charge is -2.04. The van der Waals surface area contributed by atoms with Crippen LogP contribution in [0.5, 0.6) is 0 Å². The van der Waals surface area contributed by atoms with Crippen molar-refractivity contribution >= 4 is 18.1 Å². The Bertz CT molecular complexity index is 554. The van der Waals surface area contributed by atoms with Crippen molar-refractivity contribution in [2.45, 2.75) is 20.0 Å². The largest absolute Gasteiger partial charge is 0.367 e. The molecule has 7 heteroatoms. The van der Waals surface area contributed by atoms with Crippen molar-refractivity contribution in [1.82, 2.24) is 25.1 Å². The minimum absolute atomic E-state index is 0.136. The molecule has 0 atom stereocenters. The second-order valence-electron chi connectivity index (χ2n) is 3.47. The fourth-order valence-electron chi connectivity index (χ4n) is 1.54. The molecule has 0 bridgehead atoms. The fourth-order valence-corrected chi connectivity index (χ4v) is 1.82. The van der Waals surface area contributed by atoms with Gasteiger partial charge in [-0.3, -0.25) is 9.89 Å². The quantitative estimate of drug-likeness (QED) is 0.715. The van der Waals surface area contributed by atoms with Crippen LogP contribution in [0.1, 0.15) is 23.1 Å². The zero-order valence-corrected chi connectivity index (χ0v) is 10.2. The van der Waals surface area contributed by atoms with Crippen LogP contribution < -0.4 is 5.32 Å². The Labute approximate surface area is 103 Å². The van der Waals surface area contributed by atoms with Gasteiger partial charge in [0.15, 0.2) is 10.6 Å². The SMILES string of the molecule is CCn1c(CNC(=O)c2cc[nH]c2)n[nH]c1=S. The average Bonchev–Trinajstić information content (AvgIpc) is 2.95. The van der Waals surface area contributed by atoms with Gasteiger partial charge in [-0.1, -0.05) is 0 Å². The molecule has 0 aromatic carbocycles. The number of rotatable bonds is 4. The fraction of sp³-hybridized carbons (Fsp3) is 0.300. The summed E-state index contributed by atoms with van der Waals surface area (Å²) in [5.74, 6) is 0.587. The smallest absolute Gasteiger partial charge is 0.253 e. The molecule has 2 aromatic rings. The number of hydrogen-bond donors (Lipinski definition) is 3.